The van der Waals surface area contributed by atoms with Crippen molar-refractivity contribution in [2.75, 3.05) is 0 Å². The van der Waals surface area contributed by atoms with Crippen LogP contribution in [-0.2, 0) is 0 Å². The standard InChI is InChI=1S/C68H34N4S4/c1-70-66-64(37-26-28-60-47(30-37)41-16-4-10-22-56(41)73-60)51(36-69)67(71-52-20-8-2-14-39(52)45-32-49-43-18-6-12-24-58(43)75-62(49)34-54(45)71)65(38-27-29-61-48(31-38)42-17-5-11-23-57(42)74-61)68(66)72-53-21-9-3-15-40(53)46-33-50-44-19-7-13-25-59(44)76-63(50)35-55(46)72/h2-35H. The van der Waals surface area contributed by atoms with Gasteiger partial charge in [-0.15, -0.1) is 45.3 Å². The van der Waals surface area contributed by atoms with Crippen LogP contribution in [0.15, 0.2) is 206 Å². The van der Waals surface area contributed by atoms with Crippen LogP contribution in [0.1, 0.15) is 5.56 Å². The summed E-state index contributed by atoms with van der Waals surface area (Å²) in [5.41, 5.74) is 9.54. The highest BCUT2D eigenvalue weighted by Gasteiger charge is 2.33. The van der Waals surface area contributed by atoms with E-state index in [9.17, 15) is 11.8 Å². The van der Waals surface area contributed by atoms with Gasteiger partial charge in [0, 0.05) is 113 Å². The van der Waals surface area contributed by atoms with Gasteiger partial charge in [-0.2, -0.15) is 5.26 Å². The average Bonchev–Trinajstić information content (AvgIpc) is 4.45. The van der Waals surface area contributed by atoms with Gasteiger partial charge < -0.3 is 9.13 Å². The van der Waals surface area contributed by atoms with Gasteiger partial charge in [0.25, 0.3) is 0 Å². The molecular formula is C68H34N4S4. The van der Waals surface area contributed by atoms with Crippen LogP contribution in [0.25, 0.3) is 163 Å². The quantitative estimate of drug-likeness (QED) is 0.162. The van der Waals surface area contributed by atoms with Crippen molar-refractivity contribution in [3.05, 3.63) is 223 Å². The Bertz CT molecular complexity index is 5300. The third-order valence-electron chi connectivity index (χ3n) is 15.8. The predicted molar refractivity (Wildman–Crippen MR) is 329 cm³/mol. The van der Waals surface area contributed by atoms with Crippen LogP contribution in [0.3, 0.4) is 0 Å². The number of aromatic nitrogens is 2. The molecule has 350 valence electrons. The molecule has 0 fully saturated rings. The number of rotatable bonds is 4. The molecule has 17 aromatic rings. The second kappa shape index (κ2) is 15.7. The molecular weight excluding hydrogens is 1000 g/mol. The van der Waals surface area contributed by atoms with Gasteiger partial charge in [-0.05, 0) is 96.1 Å². The van der Waals surface area contributed by atoms with Gasteiger partial charge >= 0.3 is 0 Å². The molecule has 0 aliphatic carbocycles. The normalized spacial score (nSPS) is 12.2. The second-order valence-corrected chi connectivity index (χ2v) is 24.0. The molecule has 8 heteroatoms. The summed E-state index contributed by atoms with van der Waals surface area (Å²) in [6.07, 6.45) is 0. The molecule has 0 saturated carbocycles. The fourth-order valence-electron chi connectivity index (χ4n) is 12.5. The number of para-hydroxylation sites is 2. The molecule has 4 nitrogen and oxygen atoms in total. The van der Waals surface area contributed by atoms with Gasteiger partial charge in [0.2, 0.25) is 5.69 Å². The number of thiophene rings is 4. The first-order chi connectivity index (χ1) is 37.6. The molecule has 0 N–H and O–H groups in total. The molecule has 0 saturated heterocycles. The van der Waals surface area contributed by atoms with E-state index in [4.69, 9.17) is 4.85 Å². The summed E-state index contributed by atoms with van der Waals surface area (Å²) in [6, 6.07) is 77.5. The van der Waals surface area contributed by atoms with Crippen molar-refractivity contribution in [2.24, 2.45) is 0 Å². The fourth-order valence-corrected chi connectivity index (χ4v) is 17.0. The lowest BCUT2D eigenvalue weighted by Gasteiger charge is -2.26. The van der Waals surface area contributed by atoms with E-state index in [1.54, 1.807) is 45.3 Å². The highest BCUT2D eigenvalue weighted by molar-refractivity contribution is 7.27. The molecule has 0 aliphatic heterocycles. The molecule has 0 bridgehead atoms. The van der Waals surface area contributed by atoms with E-state index in [0.29, 0.717) is 16.8 Å². The minimum atomic E-state index is 0.427. The lowest BCUT2D eigenvalue weighted by atomic mass is 9.88. The van der Waals surface area contributed by atoms with Gasteiger partial charge in [0.1, 0.15) is 6.07 Å². The highest BCUT2D eigenvalue weighted by atomic mass is 32.1. The highest BCUT2D eigenvalue weighted by Crippen LogP contribution is 2.55. The first-order valence-corrected chi connectivity index (χ1v) is 28.4. The molecule has 6 aromatic heterocycles. The SMILES string of the molecule is [C-]#[N+]c1c(-c2ccc3sc4ccccc4c3c2)c(C#N)c(-n2c3ccccc3c3cc4c(cc32)sc2ccccc24)c(-c2ccc3sc4ccccc4c3c2)c1-n1c2ccccc2c2cc3c(cc21)sc1ccccc13. The van der Waals surface area contributed by atoms with Crippen LogP contribution in [-0.4, -0.2) is 9.13 Å². The maximum atomic E-state index is 12.4. The minimum Gasteiger partial charge on any atom is -0.318 e. The zero-order valence-corrected chi connectivity index (χ0v) is 43.3. The summed E-state index contributed by atoms with van der Waals surface area (Å²) in [6.45, 7) is 9.66. The second-order valence-electron chi connectivity index (χ2n) is 19.6. The van der Waals surface area contributed by atoms with E-state index in [0.717, 1.165) is 92.5 Å². The first kappa shape index (κ1) is 42.3. The molecule has 0 unspecified atom stereocenters. The molecule has 11 aromatic carbocycles. The molecule has 0 spiro atoms. The molecule has 17 rings (SSSR count). The number of hydrogen-bond donors (Lipinski definition) is 0. The van der Waals surface area contributed by atoms with Gasteiger partial charge in [-0.25, -0.2) is 4.85 Å². The largest absolute Gasteiger partial charge is 0.318 e. The lowest BCUT2D eigenvalue weighted by Crippen LogP contribution is -2.08. The Hall–Kier alpha value is -9.12. The Labute approximate surface area is 449 Å². The molecule has 0 aliphatic rings. The Morgan fingerprint density at radius 3 is 1.14 bits per heavy atom. The van der Waals surface area contributed by atoms with Crippen molar-refractivity contribution in [3.8, 4) is 39.7 Å². The van der Waals surface area contributed by atoms with Gasteiger partial charge in [0.15, 0.2) is 0 Å². The molecule has 0 atom stereocenters. The van der Waals surface area contributed by atoms with Crippen molar-refractivity contribution >= 4 is 175 Å². The van der Waals surface area contributed by atoms with Crippen LogP contribution in [0, 0.1) is 17.9 Å². The number of nitrogens with zero attached hydrogens (tertiary/aromatic N) is 4. The van der Waals surface area contributed by atoms with Gasteiger partial charge in [-0.1, -0.05) is 121 Å². The summed E-state index contributed by atoms with van der Waals surface area (Å²) in [5, 5.41) is 26.3. The fraction of sp³-hybridized carbons (Fsp3) is 0. The lowest BCUT2D eigenvalue weighted by molar-refractivity contribution is 1.14. The predicted octanol–water partition coefficient (Wildman–Crippen LogP) is 21.1. The smallest absolute Gasteiger partial charge is 0.220 e. The molecule has 76 heavy (non-hydrogen) atoms. The van der Waals surface area contributed by atoms with E-state index in [1.165, 1.54) is 59.8 Å². The third kappa shape index (κ3) is 5.73. The maximum Gasteiger partial charge on any atom is 0.220 e. The Kier molecular flexibility index (Phi) is 8.73. The first-order valence-electron chi connectivity index (χ1n) is 25.1. The van der Waals surface area contributed by atoms with Crippen molar-refractivity contribution in [1.82, 2.24) is 9.13 Å². The van der Waals surface area contributed by atoms with Gasteiger partial charge in [0.05, 0.1) is 45.6 Å². The van der Waals surface area contributed by atoms with E-state index in [-0.39, 0.29) is 0 Å². The van der Waals surface area contributed by atoms with Crippen LogP contribution < -0.4 is 0 Å². The van der Waals surface area contributed by atoms with Crippen molar-refractivity contribution in [1.29, 1.82) is 5.26 Å². The topological polar surface area (TPSA) is 38.0 Å². The summed E-state index contributed by atoms with van der Waals surface area (Å²) < 4.78 is 14.3. The molecule has 0 radical (unpaired) electrons. The minimum absolute atomic E-state index is 0.427. The maximum absolute atomic E-state index is 12.4. The van der Waals surface area contributed by atoms with Crippen LogP contribution in [0.5, 0.6) is 0 Å². The van der Waals surface area contributed by atoms with E-state index >= 15 is 0 Å². The number of hydrogen-bond acceptors (Lipinski definition) is 5. The zero-order chi connectivity index (χ0) is 49.9. The zero-order valence-electron chi connectivity index (χ0n) is 40.1. The summed E-state index contributed by atoms with van der Waals surface area (Å²) in [5.74, 6) is 0. The third-order valence-corrected chi connectivity index (χ3v) is 20.3. The Morgan fingerprint density at radius 2 is 0.697 bits per heavy atom. The van der Waals surface area contributed by atoms with Crippen LogP contribution in [0.4, 0.5) is 5.69 Å². The van der Waals surface area contributed by atoms with E-state index < -0.39 is 0 Å². The van der Waals surface area contributed by atoms with Crippen molar-refractivity contribution < 1.29 is 0 Å². The number of fused-ring (bicyclic) bond motifs is 18. The summed E-state index contributed by atoms with van der Waals surface area (Å²) in [7, 11) is 0. The number of benzene rings is 11. The van der Waals surface area contributed by atoms with Crippen LogP contribution in [0.2, 0.25) is 0 Å². The molecule has 6 heterocycles. The summed E-state index contributed by atoms with van der Waals surface area (Å²) in [4.78, 5) is 4.73. The Balaban J connectivity index is 1.13. The van der Waals surface area contributed by atoms with Gasteiger partial charge in [-0.3, -0.25) is 0 Å². The monoisotopic (exact) mass is 1030 g/mol. The summed E-state index contributed by atoms with van der Waals surface area (Å²) >= 11 is 7.16. The van der Waals surface area contributed by atoms with Crippen molar-refractivity contribution in [2.45, 2.75) is 0 Å². The van der Waals surface area contributed by atoms with E-state index in [2.05, 4.69) is 221 Å². The van der Waals surface area contributed by atoms with Crippen molar-refractivity contribution in [3.63, 3.8) is 0 Å². The molecule has 0 amide bonds. The van der Waals surface area contributed by atoms with E-state index in [1.807, 2.05) is 0 Å². The van der Waals surface area contributed by atoms with Crippen LogP contribution >= 0.6 is 45.3 Å². The number of nitriles is 1. The Morgan fingerprint density at radius 1 is 0.329 bits per heavy atom. The average molecular weight is 1040 g/mol.